The molecule has 1 nitrogen and oxygen atoms in total. The van der Waals surface area contributed by atoms with Crippen LogP contribution in [0.15, 0.2) is 17.5 Å². The van der Waals surface area contributed by atoms with Gasteiger partial charge in [-0.1, -0.05) is 32.8 Å². The van der Waals surface area contributed by atoms with E-state index in [1.807, 2.05) is 11.3 Å². The van der Waals surface area contributed by atoms with Crippen LogP contribution in [0.5, 0.6) is 0 Å². The van der Waals surface area contributed by atoms with Crippen molar-refractivity contribution in [1.82, 2.24) is 5.32 Å². The summed E-state index contributed by atoms with van der Waals surface area (Å²) in [5.74, 6) is 0. The van der Waals surface area contributed by atoms with Crippen molar-refractivity contribution >= 4 is 11.3 Å². The Morgan fingerprint density at radius 1 is 1.40 bits per heavy atom. The van der Waals surface area contributed by atoms with Gasteiger partial charge in [-0.3, -0.25) is 0 Å². The minimum absolute atomic E-state index is 0.727. The maximum Gasteiger partial charge on any atom is 0.00645 e. The first-order chi connectivity index (χ1) is 7.36. The van der Waals surface area contributed by atoms with Crippen LogP contribution in [0.3, 0.4) is 0 Å². The summed E-state index contributed by atoms with van der Waals surface area (Å²) in [6.07, 6.45) is 6.43. The van der Waals surface area contributed by atoms with Crippen molar-refractivity contribution in [3.05, 3.63) is 22.4 Å². The molecule has 0 aromatic carbocycles. The maximum atomic E-state index is 3.65. The molecule has 0 bridgehead atoms. The second-order valence-corrected chi connectivity index (χ2v) is 5.06. The summed E-state index contributed by atoms with van der Waals surface area (Å²) in [6, 6.07) is 5.08. The Morgan fingerprint density at radius 2 is 2.27 bits per heavy atom. The molecule has 1 atom stereocenters. The van der Waals surface area contributed by atoms with Gasteiger partial charge in [-0.15, -0.1) is 11.3 Å². The molecular formula is C13H23NS. The molecular weight excluding hydrogens is 202 g/mol. The van der Waals surface area contributed by atoms with E-state index >= 15 is 0 Å². The first-order valence-corrected chi connectivity index (χ1v) is 7.00. The first kappa shape index (κ1) is 12.7. The summed E-state index contributed by atoms with van der Waals surface area (Å²) in [4.78, 5) is 1.49. The van der Waals surface area contributed by atoms with Crippen molar-refractivity contribution in [3.63, 3.8) is 0 Å². The number of hydrogen-bond donors (Lipinski definition) is 1. The summed E-state index contributed by atoms with van der Waals surface area (Å²) in [7, 11) is 0. The molecule has 0 amide bonds. The van der Waals surface area contributed by atoms with Crippen LogP contribution < -0.4 is 5.32 Å². The van der Waals surface area contributed by atoms with Gasteiger partial charge in [-0.05, 0) is 30.7 Å². The van der Waals surface area contributed by atoms with E-state index in [2.05, 4.69) is 36.7 Å². The van der Waals surface area contributed by atoms with Gasteiger partial charge in [0.15, 0.2) is 0 Å². The predicted octanol–water partition coefficient (Wildman–Crippen LogP) is 3.85. The Hall–Kier alpha value is -0.340. The van der Waals surface area contributed by atoms with Crippen molar-refractivity contribution in [2.45, 2.75) is 52.0 Å². The Bertz CT molecular complexity index is 231. The lowest BCUT2D eigenvalue weighted by Crippen LogP contribution is -2.30. The Kier molecular flexibility index (Phi) is 6.69. The largest absolute Gasteiger partial charge is 0.314 e. The van der Waals surface area contributed by atoms with Crippen LogP contribution in [0.25, 0.3) is 0 Å². The van der Waals surface area contributed by atoms with Crippen LogP contribution in [-0.2, 0) is 6.42 Å². The normalized spacial score (nSPS) is 12.9. The van der Waals surface area contributed by atoms with Crippen LogP contribution in [0.4, 0.5) is 0 Å². The van der Waals surface area contributed by atoms with Gasteiger partial charge in [0.2, 0.25) is 0 Å². The van der Waals surface area contributed by atoms with E-state index in [1.54, 1.807) is 0 Å². The van der Waals surface area contributed by atoms with Crippen LogP contribution in [0.1, 0.15) is 44.4 Å². The van der Waals surface area contributed by atoms with Gasteiger partial charge in [0.1, 0.15) is 0 Å². The molecule has 1 unspecified atom stereocenters. The lowest BCUT2D eigenvalue weighted by molar-refractivity contribution is 0.456. The first-order valence-electron chi connectivity index (χ1n) is 6.12. The molecule has 1 N–H and O–H groups in total. The van der Waals surface area contributed by atoms with Crippen molar-refractivity contribution in [2.75, 3.05) is 6.54 Å². The number of nitrogens with one attached hydrogen (secondary N) is 1. The summed E-state index contributed by atoms with van der Waals surface area (Å²) in [5.41, 5.74) is 0. The molecule has 0 aliphatic heterocycles. The predicted molar refractivity (Wildman–Crippen MR) is 69.6 cm³/mol. The van der Waals surface area contributed by atoms with Crippen molar-refractivity contribution in [1.29, 1.82) is 0 Å². The molecule has 0 spiro atoms. The topological polar surface area (TPSA) is 12.0 Å². The van der Waals surface area contributed by atoms with Gasteiger partial charge in [-0.25, -0.2) is 0 Å². The Labute approximate surface area is 97.9 Å². The van der Waals surface area contributed by atoms with E-state index in [9.17, 15) is 0 Å². The average molecular weight is 225 g/mol. The molecule has 0 saturated heterocycles. The highest BCUT2D eigenvalue weighted by Gasteiger charge is 2.04. The molecule has 0 saturated carbocycles. The molecule has 0 aliphatic rings. The van der Waals surface area contributed by atoms with E-state index in [0.717, 1.165) is 12.6 Å². The van der Waals surface area contributed by atoms with Gasteiger partial charge < -0.3 is 5.32 Å². The minimum Gasteiger partial charge on any atom is -0.314 e. The quantitative estimate of drug-likeness (QED) is 0.708. The van der Waals surface area contributed by atoms with Crippen molar-refractivity contribution < 1.29 is 0 Å². The average Bonchev–Trinajstić information content (AvgIpc) is 2.76. The molecule has 2 heteroatoms. The van der Waals surface area contributed by atoms with Crippen LogP contribution in [0.2, 0.25) is 0 Å². The van der Waals surface area contributed by atoms with E-state index in [4.69, 9.17) is 0 Å². The fraction of sp³-hybridized carbons (Fsp3) is 0.692. The highest BCUT2D eigenvalue weighted by Crippen LogP contribution is 2.09. The zero-order valence-electron chi connectivity index (χ0n) is 9.96. The number of thiophene rings is 1. The summed E-state index contributed by atoms with van der Waals surface area (Å²) in [5, 5.41) is 5.81. The molecule has 0 aliphatic carbocycles. The van der Waals surface area contributed by atoms with Gasteiger partial charge in [0.05, 0.1) is 0 Å². The third kappa shape index (κ3) is 5.33. The van der Waals surface area contributed by atoms with Crippen LogP contribution >= 0.6 is 11.3 Å². The monoisotopic (exact) mass is 225 g/mol. The molecule has 0 fully saturated rings. The number of unbranched alkanes of at least 4 members (excludes halogenated alkanes) is 1. The summed E-state index contributed by atoms with van der Waals surface area (Å²) >= 11 is 1.86. The summed E-state index contributed by atoms with van der Waals surface area (Å²) in [6.45, 7) is 5.67. The van der Waals surface area contributed by atoms with Crippen molar-refractivity contribution in [2.24, 2.45) is 0 Å². The van der Waals surface area contributed by atoms with Gasteiger partial charge in [0.25, 0.3) is 0 Å². The zero-order valence-corrected chi connectivity index (χ0v) is 10.8. The van der Waals surface area contributed by atoms with Gasteiger partial charge >= 0.3 is 0 Å². The van der Waals surface area contributed by atoms with E-state index in [1.165, 1.54) is 37.0 Å². The second-order valence-electron chi connectivity index (χ2n) is 4.03. The fourth-order valence-corrected chi connectivity index (χ4v) is 2.46. The van der Waals surface area contributed by atoms with Crippen LogP contribution in [0, 0.1) is 0 Å². The maximum absolute atomic E-state index is 3.65. The molecule has 1 heterocycles. The number of hydrogen-bond acceptors (Lipinski definition) is 2. The zero-order chi connectivity index (χ0) is 10.9. The SMILES string of the molecule is CCCCC(CC)NCCc1cccs1. The van der Waals surface area contributed by atoms with E-state index < -0.39 is 0 Å². The van der Waals surface area contributed by atoms with Gasteiger partial charge in [0, 0.05) is 17.5 Å². The molecule has 1 aromatic rings. The van der Waals surface area contributed by atoms with E-state index in [-0.39, 0.29) is 0 Å². The lowest BCUT2D eigenvalue weighted by atomic mass is 10.1. The standard InChI is InChI=1S/C13H23NS/c1-3-5-7-12(4-2)14-10-9-13-8-6-11-15-13/h6,8,11-12,14H,3-5,7,9-10H2,1-2H3. The highest BCUT2D eigenvalue weighted by atomic mass is 32.1. The minimum atomic E-state index is 0.727. The van der Waals surface area contributed by atoms with Crippen molar-refractivity contribution in [3.8, 4) is 0 Å². The fourth-order valence-electron chi connectivity index (χ4n) is 1.76. The molecule has 15 heavy (non-hydrogen) atoms. The van der Waals surface area contributed by atoms with E-state index in [0.29, 0.717) is 0 Å². The summed E-state index contributed by atoms with van der Waals surface area (Å²) < 4.78 is 0. The van der Waals surface area contributed by atoms with Crippen LogP contribution in [-0.4, -0.2) is 12.6 Å². The third-order valence-electron chi connectivity index (χ3n) is 2.78. The second kappa shape index (κ2) is 7.89. The Balaban J connectivity index is 2.11. The number of rotatable bonds is 8. The highest BCUT2D eigenvalue weighted by molar-refractivity contribution is 7.09. The van der Waals surface area contributed by atoms with Gasteiger partial charge in [-0.2, -0.15) is 0 Å². The Morgan fingerprint density at radius 3 is 2.87 bits per heavy atom. The third-order valence-corrected chi connectivity index (χ3v) is 3.72. The molecule has 1 aromatic heterocycles. The molecule has 0 radical (unpaired) electrons. The molecule has 86 valence electrons. The lowest BCUT2D eigenvalue weighted by Gasteiger charge is -2.16. The molecule has 1 rings (SSSR count). The smallest absolute Gasteiger partial charge is 0.00645 e.